The van der Waals surface area contributed by atoms with Crippen LogP contribution in [0.1, 0.15) is 22.3 Å². The van der Waals surface area contributed by atoms with Gasteiger partial charge in [-0.05, 0) is 52.7 Å². The molecule has 1 unspecified atom stereocenters. The normalized spacial score (nSPS) is 19.1. The molecule has 116 valence electrons. The van der Waals surface area contributed by atoms with Gasteiger partial charge in [0.25, 0.3) is 0 Å². The lowest BCUT2D eigenvalue weighted by Crippen LogP contribution is -2.37. The van der Waals surface area contributed by atoms with Crippen molar-refractivity contribution in [1.29, 1.82) is 0 Å². The summed E-state index contributed by atoms with van der Waals surface area (Å²) in [5.74, 6) is 0.575. The molecule has 1 aromatic carbocycles. The first-order valence-electron chi connectivity index (χ1n) is 6.34. The second kappa shape index (κ2) is 6.28. The molecule has 0 bridgehead atoms. The van der Waals surface area contributed by atoms with Gasteiger partial charge in [-0.1, -0.05) is 0 Å². The number of carbonyl (C=O) groups is 1. The molecule has 1 aromatic rings. The van der Waals surface area contributed by atoms with Crippen LogP contribution in [0.5, 0.6) is 0 Å². The molecule has 0 amide bonds. The molecule has 1 saturated heterocycles. The van der Waals surface area contributed by atoms with Crippen LogP contribution in [-0.2, 0) is 10.0 Å². The summed E-state index contributed by atoms with van der Waals surface area (Å²) in [4.78, 5) is 11.2. The molecule has 1 aliphatic heterocycles. The molecule has 21 heavy (non-hydrogen) atoms. The Hall–Kier alpha value is -0.570. The van der Waals surface area contributed by atoms with Gasteiger partial charge in [0.1, 0.15) is 0 Å². The SMILES string of the molecule is Cc1cc(C(=O)O)cc(S(=O)(=O)N(C)C2CCSC2)c1Br. The Morgan fingerprint density at radius 1 is 1.48 bits per heavy atom. The number of halogens is 1. The summed E-state index contributed by atoms with van der Waals surface area (Å²) in [6, 6.07) is 2.63. The van der Waals surface area contributed by atoms with Crippen LogP contribution in [-0.4, -0.2) is 48.4 Å². The summed E-state index contributed by atoms with van der Waals surface area (Å²) in [5, 5.41) is 9.11. The van der Waals surface area contributed by atoms with Gasteiger partial charge in [-0.2, -0.15) is 16.1 Å². The summed E-state index contributed by atoms with van der Waals surface area (Å²) >= 11 is 5.00. The Morgan fingerprint density at radius 2 is 2.14 bits per heavy atom. The maximum absolute atomic E-state index is 12.8. The van der Waals surface area contributed by atoms with Crippen molar-refractivity contribution in [3.63, 3.8) is 0 Å². The van der Waals surface area contributed by atoms with Crippen molar-refractivity contribution in [1.82, 2.24) is 4.31 Å². The van der Waals surface area contributed by atoms with E-state index >= 15 is 0 Å². The van der Waals surface area contributed by atoms with E-state index in [1.54, 1.807) is 25.7 Å². The molecular formula is C13H16BrNO4S2. The number of hydrogen-bond donors (Lipinski definition) is 1. The van der Waals surface area contributed by atoms with E-state index in [0.717, 1.165) is 17.9 Å². The average molecular weight is 394 g/mol. The van der Waals surface area contributed by atoms with E-state index in [-0.39, 0.29) is 16.5 Å². The lowest BCUT2D eigenvalue weighted by atomic mass is 10.1. The number of thioether (sulfide) groups is 1. The zero-order valence-corrected chi connectivity index (χ0v) is 14.9. The number of carboxylic acid groups (broad SMARTS) is 1. The van der Waals surface area contributed by atoms with Crippen molar-refractivity contribution >= 4 is 43.7 Å². The van der Waals surface area contributed by atoms with E-state index < -0.39 is 16.0 Å². The Labute approximate surface area is 136 Å². The van der Waals surface area contributed by atoms with Crippen LogP contribution in [0.25, 0.3) is 0 Å². The standard InChI is InChI=1S/C13H16BrNO4S2/c1-8-5-9(13(16)17)6-11(12(8)14)21(18,19)15(2)10-3-4-20-7-10/h5-6,10H,3-4,7H2,1-2H3,(H,16,17). The Balaban J connectivity index is 2.50. The maximum Gasteiger partial charge on any atom is 0.335 e. The molecular weight excluding hydrogens is 378 g/mol. The predicted molar refractivity (Wildman–Crippen MR) is 86.5 cm³/mol. The predicted octanol–water partition coefficient (Wildman–Crippen LogP) is 2.58. The van der Waals surface area contributed by atoms with E-state index in [0.29, 0.717) is 10.0 Å². The highest BCUT2D eigenvalue weighted by molar-refractivity contribution is 9.10. The summed E-state index contributed by atoms with van der Waals surface area (Å²) in [7, 11) is -2.17. The molecule has 1 N–H and O–H groups in total. The lowest BCUT2D eigenvalue weighted by molar-refractivity contribution is 0.0696. The first-order valence-corrected chi connectivity index (χ1v) is 9.73. The molecule has 2 rings (SSSR count). The van der Waals surface area contributed by atoms with Gasteiger partial charge in [0.15, 0.2) is 0 Å². The number of carboxylic acids is 1. The number of aromatic carboxylic acids is 1. The third-order valence-corrected chi connectivity index (χ3v) is 7.94. The molecule has 0 saturated carbocycles. The molecule has 0 aromatic heterocycles. The van der Waals surface area contributed by atoms with Gasteiger partial charge in [0.2, 0.25) is 10.0 Å². The maximum atomic E-state index is 12.8. The minimum atomic E-state index is -3.72. The van der Waals surface area contributed by atoms with Crippen LogP contribution >= 0.6 is 27.7 Å². The van der Waals surface area contributed by atoms with Gasteiger partial charge in [0.05, 0.1) is 10.5 Å². The number of hydrogen-bond acceptors (Lipinski definition) is 4. The Kier molecular flexibility index (Phi) is 5.02. The largest absolute Gasteiger partial charge is 0.478 e. The molecule has 1 atom stereocenters. The number of nitrogens with zero attached hydrogens (tertiary/aromatic N) is 1. The van der Waals surface area contributed by atoms with Crippen LogP contribution < -0.4 is 0 Å². The number of benzene rings is 1. The number of aryl methyl sites for hydroxylation is 1. The van der Waals surface area contributed by atoms with Gasteiger partial charge in [-0.3, -0.25) is 0 Å². The number of sulfonamides is 1. The molecule has 5 nitrogen and oxygen atoms in total. The van der Waals surface area contributed by atoms with Crippen molar-refractivity contribution < 1.29 is 18.3 Å². The summed E-state index contributed by atoms with van der Waals surface area (Å²) < 4.78 is 27.3. The molecule has 0 spiro atoms. The van der Waals surface area contributed by atoms with Crippen molar-refractivity contribution in [3.8, 4) is 0 Å². The molecule has 0 radical (unpaired) electrons. The Bertz CT molecular complexity index is 669. The second-order valence-electron chi connectivity index (χ2n) is 4.95. The van der Waals surface area contributed by atoms with Crippen molar-refractivity contribution in [2.24, 2.45) is 0 Å². The molecule has 1 heterocycles. The smallest absolute Gasteiger partial charge is 0.335 e. The quantitative estimate of drug-likeness (QED) is 0.850. The molecule has 8 heteroatoms. The number of rotatable bonds is 4. The fourth-order valence-corrected chi connectivity index (χ4v) is 5.96. The van der Waals surface area contributed by atoms with Gasteiger partial charge in [-0.15, -0.1) is 0 Å². The highest BCUT2D eigenvalue weighted by Crippen LogP contribution is 2.32. The van der Waals surface area contributed by atoms with E-state index in [1.807, 2.05) is 0 Å². The monoisotopic (exact) mass is 393 g/mol. The molecule has 1 aliphatic rings. The van der Waals surface area contributed by atoms with Gasteiger partial charge >= 0.3 is 5.97 Å². The van der Waals surface area contributed by atoms with Gasteiger partial charge in [-0.25, -0.2) is 13.2 Å². The Morgan fingerprint density at radius 3 is 2.67 bits per heavy atom. The van der Waals surface area contributed by atoms with Crippen LogP contribution in [0.2, 0.25) is 0 Å². The zero-order valence-electron chi connectivity index (χ0n) is 11.7. The van der Waals surface area contributed by atoms with Crippen LogP contribution in [0, 0.1) is 6.92 Å². The van der Waals surface area contributed by atoms with Crippen molar-refractivity contribution in [2.75, 3.05) is 18.6 Å². The minimum absolute atomic E-state index is 0.0132. The highest BCUT2D eigenvalue weighted by atomic mass is 79.9. The second-order valence-corrected chi connectivity index (χ2v) is 8.86. The van der Waals surface area contributed by atoms with Gasteiger partial charge < -0.3 is 5.11 Å². The van der Waals surface area contributed by atoms with Crippen molar-refractivity contribution in [2.45, 2.75) is 24.3 Å². The summed E-state index contributed by atoms with van der Waals surface area (Å²) in [6.07, 6.45) is 0.815. The highest BCUT2D eigenvalue weighted by Gasteiger charge is 2.32. The van der Waals surface area contributed by atoms with E-state index in [1.165, 1.54) is 16.4 Å². The third kappa shape index (κ3) is 3.28. The van der Waals surface area contributed by atoms with Crippen LogP contribution in [0.15, 0.2) is 21.5 Å². The minimum Gasteiger partial charge on any atom is -0.478 e. The molecule has 1 fully saturated rings. The molecule has 0 aliphatic carbocycles. The van der Waals surface area contributed by atoms with Crippen molar-refractivity contribution in [3.05, 3.63) is 27.7 Å². The fourth-order valence-electron chi connectivity index (χ4n) is 2.21. The summed E-state index contributed by atoms with van der Waals surface area (Å²) in [6.45, 7) is 1.68. The first-order chi connectivity index (χ1) is 9.75. The first kappa shape index (κ1) is 16.8. The zero-order chi connectivity index (χ0) is 15.8. The fraction of sp³-hybridized carbons (Fsp3) is 0.462. The van der Waals surface area contributed by atoms with Crippen LogP contribution in [0.3, 0.4) is 0 Å². The van der Waals surface area contributed by atoms with Crippen LogP contribution in [0.4, 0.5) is 0 Å². The van der Waals surface area contributed by atoms with E-state index in [2.05, 4.69) is 15.9 Å². The van der Waals surface area contributed by atoms with E-state index in [9.17, 15) is 13.2 Å². The van der Waals surface area contributed by atoms with E-state index in [4.69, 9.17) is 5.11 Å². The summed E-state index contributed by atoms with van der Waals surface area (Å²) in [5.41, 5.74) is 0.561. The topological polar surface area (TPSA) is 74.7 Å². The van der Waals surface area contributed by atoms with Gasteiger partial charge in [0, 0.05) is 23.3 Å². The third-order valence-electron chi connectivity index (χ3n) is 3.55. The lowest BCUT2D eigenvalue weighted by Gasteiger charge is -2.24. The average Bonchev–Trinajstić information content (AvgIpc) is 2.94.